The lowest BCUT2D eigenvalue weighted by molar-refractivity contribution is 0.00564. The minimum absolute atomic E-state index is 0.00440. The van der Waals surface area contributed by atoms with E-state index >= 15 is 0 Å². The first kappa shape index (κ1) is 20.6. The highest BCUT2D eigenvalue weighted by Gasteiger charge is 2.54. The van der Waals surface area contributed by atoms with Gasteiger partial charge in [0.1, 0.15) is 6.73 Å². The summed E-state index contributed by atoms with van der Waals surface area (Å²) < 4.78 is 5.39. The number of nitrogens with one attached hydrogen (secondary N) is 1. The largest absolute Gasteiger partial charge is 0.364 e. The average molecular weight is 385 g/mol. The molecule has 1 saturated heterocycles. The van der Waals surface area contributed by atoms with E-state index in [9.17, 15) is 4.79 Å². The highest BCUT2D eigenvalue weighted by atomic mass is 16.5. The molecule has 1 aromatic rings. The Labute approximate surface area is 168 Å². The van der Waals surface area contributed by atoms with E-state index in [1.54, 1.807) is 7.11 Å². The van der Waals surface area contributed by atoms with Crippen LogP contribution in [-0.4, -0.2) is 60.9 Å². The quantitative estimate of drug-likeness (QED) is 0.764. The summed E-state index contributed by atoms with van der Waals surface area (Å²) in [4.78, 5) is 20.6. The van der Waals surface area contributed by atoms with Crippen LogP contribution in [0.5, 0.6) is 0 Å². The van der Waals surface area contributed by atoms with Gasteiger partial charge in [0.2, 0.25) is 5.54 Å². The SMILES string of the molecule is [C-]#[N+]C(C)(C)CN1CC2(CCC(NC)(c3ccccc3)CC2)N(COC)C1=O. The van der Waals surface area contributed by atoms with Gasteiger partial charge in [-0.15, -0.1) is 0 Å². The highest BCUT2D eigenvalue weighted by molar-refractivity contribution is 5.78. The third-order valence-corrected chi connectivity index (χ3v) is 6.54. The molecule has 0 unspecified atom stereocenters. The van der Waals surface area contributed by atoms with Crippen molar-refractivity contribution in [2.75, 3.05) is 34.0 Å². The normalized spacial score (nSPS) is 28.0. The van der Waals surface area contributed by atoms with E-state index in [4.69, 9.17) is 11.3 Å². The molecule has 1 saturated carbocycles. The monoisotopic (exact) mass is 384 g/mol. The van der Waals surface area contributed by atoms with Crippen LogP contribution in [0.25, 0.3) is 4.85 Å². The van der Waals surface area contributed by atoms with Gasteiger partial charge in [0, 0.05) is 33.0 Å². The number of rotatable bonds is 6. The molecule has 6 nitrogen and oxygen atoms in total. The van der Waals surface area contributed by atoms with Gasteiger partial charge in [-0.25, -0.2) is 11.4 Å². The van der Waals surface area contributed by atoms with Crippen LogP contribution in [0.15, 0.2) is 30.3 Å². The van der Waals surface area contributed by atoms with Crippen molar-refractivity contribution in [3.8, 4) is 0 Å². The minimum atomic E-state index is -0.576. The molecule has 0 bridgehead atoms. The van der Waals surface area contributed by atoms with Gasteiger partial charge in [0.25, 0.3) is 0 Å². The van der Waals surface area contributed by atoms with Crippen LogP contribution in [0.1, 0.15) is 45.1 Å². The van der Waals surface area contributed by atoms with Gasteiger partial charge in [-0.05, 0) is 38.3 Å². The topological polar surface area (TPSA) is 49.2 Å². The molecule has 1 aliphatic carbocycles. The van der Waals surface area contributed by atoms with Crippen LogP contribution in [0, 0.1) is 6.57 Å². The molecule has 1 aliphatic heterocycles. The zero-order valence-electron chi connectivity index (χ0n) is 17.5. The molecule has 1 spiro atoms. The molecule has 1 aromatic carbocycles. The molecule has 1 heterocycles. The Hall–Kier alpha value is -2.10. The molecule has 28 heavy (non-hydrogen) atoms. The molecule has 3 rings (SSSR count). The molecule has 2 amide bonds. The molecule has 0 aromatic heterocycles. The van der Waals surface area contributed by atoms with Crippen molar-refractivity contribution in [2.45, 2.75) is 56.1 Å². The molecule has 152 valence electrons. The average Bonchev–Trinajstić information content (AvgIpc) is 2.95. The van der Waals surface area contributed by atoms with Gasteiger partial charge >= 0.3 is 6.03 Å². The maximum absolute atomic E-state index is 13.1. The van der Waals surface area contributed by atoms with Crippen LogP contribution in [-0.2, 0) is 10.3 Å². The molecule has 0 atom stereocenters. The van der Waals surface area contributed by atoms with E-state index in [0.29, 0.717) is 19.8 Å². The van der Waals surface area contributed by atoms with Gasteiger partial charge in [-0.1, -0.05) is 30.3 Å². The third kappa shape index (κ3) is 3.61. The molecule has 0 radical (unpaired) electrons. The van der Waals surface area contributed by atoms with Crippen molar-refractivity contribution in [3.63, 3.8) is 0 Å². The van der Waals surface area contributed by atoms with E-state index in [1.807, 2.05) is 36.8 Å². The van der Waals surface area contributed by atoms with Crippen molar-refractivity contribution in [3.05, 3.63) is 47.3 Å². The molecule has 2 aliphatic rings. The summed E-state index contributed by atoms with van der Waals surface area (Å²) in [6, 6.07) is 10.6. The third-order valence-electron chi connectivity index (χ3n) is 6.54. The lowest BCUT2D eigenvalue weighted by atomic mass is 9.69. The van der Waals surface area contributed by atoms with Gasteiger partial charge in [-0.2, -0.15) is 0 Å². The summed E-state index contributed by atoms with van der Waals surface area (Å²) in [7, 11) is 3.67. The summed E-state index contributed by atoms with van der Waals surface area (Å²) in [5.41, 5.74) is 0.450. The zero-order valence-corrected chi connectivity index (χ0v) is 17.5. The Bertz CT molecular complexity index is 733. The standard InChI is InChI=1S/C22H32N4O2/c1-20(2,23-3)15-25-16-21(26(17-28-5)19(25)27)11-13-22(24-4,14-12-21)18-9-7-6-8-10-18/h6-10,24H,11-17H2,1-2,4-5H3. The maximum Gasteiger partial charge on any atom is 0.322 e. The van der Waals surface area contributed by atoms with Crippen molar-refractivity contribution >= 4 is 6.03 Å². The number of benzene rings is 1. The van der Waals surface area contributed by atoms with Crippen molar-refractivity contribution in [1.29, 1.82) is 0 Å². The van der Waals surface area contributed by atoms with E-state index in [-0.39, 0.29) is 17.1 Å². The number of hydrogen-bond acceptors (Lipinski definition) is 3. The first-order valence-corrected chi connectivity index (χ1v) is 10.00. The first-order chi connectivity index (χ1) is 13.3. The number of nitrogens with zero attached hydrogens (tertiary/aromatic N) is 3. The fourth-order valence-corrected chi connectivity index (χ4v) is 4.84. The summed E-state index contributed by atoms with van der Waals surface area (Å²) in [5, 5.41) is 3.57. The molecular weight excluding hydrogens is 352 g/mol. The number of ether oxygens (including phenoxy) is 1. The predicted molar refractivity (Wildman–Crippen MR) is 110 cm³/mol. The number of hydrogen-bond donors (Lipinski definition) is 1. The molecular formula is C22H32N4O2. The minimum Gasteiger partial charge on any atom is -0.364 e. The van der Waals surface area contributed by atoms with Crippen LogP contribution in [0.4, 0.5) is 4.79 Å². The van der Waals surface area contributed by atoms with Gasteiger partial charge in [0.05, 0.1) is 12.1 Å². The van der Waals surface area contributed by atoms with E-state index in [2.05, 4.69) is 34.4 Å². The summed E-state index contributed by atoms with van der Waals surface area (Å²) in [6.45, 7) is 12.6. The predicted octanol–water partition coefficient (Wildman–Crippen LogP) is 3.45. The molecule has 6 heteroatoms. The van der Waals surface area contributed by atoms with E-state index < -0.39 is 5.54 Å². The van der Waals surface area contributed by atoms with Crippen LogP contribution < -0.4 is 5.32 Å². The number of amides is 2. The van der Waals surface area contributed by atoms with Crippen molar-refractivity contribution in [1.82, 2.24) is 15.1 Å². The summed E-state index contributed by atoms with van der Waals surface area (Å²) in [5.74, 6) is 0. The Balaban J connectivity index is 1.83. The van der Waals surface area contributed by atoms with Gasteiger partial charge in [0.15, 0.2) is 0 Å². The second kappa shape index (κ2) is 7.73. The summed E-state index contributed by atoms with van der Waals surface area (Å²) in [6.07, 6.45) is 3.74. The van der Waals surface area contributed by atoms with Gasteiger partial charge in [-0.3, -0.25) is 4.90 Å². The second-order valence-corrected chi connectivity index (χ2v) is 8.83. The molecule has 1 N–H and O–H groups in total. The number of methoxy groups -OCH3 is 1. The summed E-state index contributed by atoms with van der Waals surface area (Å²) >= 11 is 0. The van der Waals surface area contributed by atoms with Crippen LogP contribution in [0.2, 0.25) is 0 Å². The number of urea groups is 1. The fourth-order valence-electron chi connectivity index (χ4n) is 4.84. The van der Waals surface area contributed by atoms with Gasteiger partial charge < -0.3 is 19.8 Å². The second-order valence-electron chi connectivity index (χ2n) is 8.83. The number of carbonyl (C=O) groups is 1. The van der Waals surface area contributed by atoms with Crippen molar-refractivity contribution < 1.29 is 9.53 Å². The lowest BCUT2D eigenvalue weighted by Crippen LogP contribution is -2.55. The first-order valence-electron chi connectivity index (χ1n) is 10.00. The van der Waals surface area contributed by atoms with Crippen LogP contribution in [0.3, 0.4) is 0 Å². The smallest absolute Gasteiger partial charge is 0.322 e. The zero-order chi connectivity index (χ0) is 20.4. The fraction of sp³-hybridized carbons (Fsp3) is 0.636. The van der Waals surface area contributed by atoms with Crippen LogP contribution >= 0.6 is 0 Å². The number of carbonyl (C=O) groups excluding carboxylic acids is 1. The Kier molecular flexibility index (Phi) is 5.69. The Morgan fingerprint density at radius 1 is 1.21 bits per heavy atom. The lowest BCUT2D eigenvalue weighted by Gasteiger charge is -2.48. The Morgan fingerprint density at radius 3 is 2.39 bits per heavy atom. The molecule has 2 fully saturated rings. The highest BCUT2D eigenvalue weighted by Crippen LogP contribution is 2.46. The van der Waals surface area contributed by atoms with Crippen molar-refractivity contribution in [2.24, 2.45) is 0 Å². The van der Waals surface area contributed by atoms with E-state index in [0.717, 1.165) is 25.7 Å². The maximum atomic E-state index is 13.1. The van der Waals surface area contributed by atoms with E-state index in [1.165, 1.54) is 5.56 Å². The Morgan fingerprint density at radius 2 is 1.86 bits per heavy atom.